The fourth-order valence-corrected chi connectivity index (χ4v) is 2.99. The fourth-order valence-electron chi connectivity index (χ4n) is 2.99. The lowest BCUT2D eigenvalue weighted by Crippen LogP contribution is -2.36. The first kappa shape index (κ1) is 47.7. The van der Waals surface area contributed by atoms with Crippen LogP contribution in [0.5, 0.6) is 0 Å². The van der Waals surface area contributed by atoms with Crippen LogP contribution in [0.25, 0.3) is 0 Å². The fraction of sp³-hybridized carbons (Fsp3) is 0.800. The van der Waals surface area contributed by atoms with Crippen LogP contribution >= 0.6 is 0 Å². The van der Waals surface area contributed by atoms with Gasteiger partial charge < -0.3 is 43.6 Å². The van der Waals surface area contributed by atoms with Gasteiger partial charge in [-0.15, -0.1) is 0 Å². The van der Waals surface area contributed by atoms with Crippen LogP contribution in [0.2, 0.25) is 0 Å². The molecule has 0 aromatic rings. The number of ether oxygens (including phenoxy) is 1. The van der Waals surface area contributed by atoms with Gasteiger partial charge in [-0.2, -0.15) is 0 Å². The minimum absolute atomic E-state index is 0.00665. The maximum atomic E-state index is 10.6. The number of amides is 3. The molecule has 44 heavy (non-hydrogen) atoms. The summed E-state index contributed by atoms with van der Waals surface area (Å²) in [6.07, 6.45) is 5.97. The van der Waals surface area contributed by atoms with Crippen LogP contribution in [-0.2, 0) is 19.1 Å². The van der Waals surface area contributed by atoms with Crippen molar-refractivity contribution in [3.8, 4) is 0 Å². The molecular formula is C30H66N10O4. The largest absolute Gasteiger partial charge is 0.485 e. The van der Waals surface area contributed by atoms with E-state index in [2.05, 4.69) is 44.5 Å². The summed E-state index contributed by atoms with van der Waals surface area (Å²) in [7, 11) is 1.47. The van der Waals surface area contributed by atoms with E-state index in [0.717, 1.165) is 64.7 Å². The highest BCUT2D eigenvalue weighted by atomic mass is 16.5. The van der Waals surface area contributed by atoms with Gasteiger partial charge in [0.15, 0.2) is 5.90 Å². The number of hydrogen-bond acceptors (Lipinski definition) is 9. The third kappa shape index (κ3) is 54.8. The lowest BCUT2D eigenvalue weighted by atomic mass is 10.1. The van der Waals surface area contributed by atoms with Gasteiger partial charge in [-0.1, -0.05) is 13.8 Å². The summed E-state index contributed by atoms with van der Waals surface area (Å²) in [5, 5.41) is 14.8. The second-order valence-electron chi connectivity index (χ2n) is 10.8. The number of methoxy groups -OCH3 is 1. The van der Waals surface area contributed by atoms with Crippen molar-refractivity contribution in [3.63, 3.8) is 0 Å². The summed E-state index contributed by atoms with van der Waals surface area (Å²) in [5.41, 5.74) is 21.9. The Morgan fingerprint density at radius 1 is 0.705 bits per heavy atom. The van der Waals surface area contributed by atoms with Crippen molar-refractivity contribution in [2.24, 2.45) is 44.8 Å². The Labute approximate surface area is 266 Å². The van der Waals surface area contributed by atoms with E-state index in [1.54, 1.807) is 20.8 Å². The van der Waals surface area contributed by atoms with Crippen molar-refractivity contribution in [1.29, 1.82) is 5.41 Å². The first-order valence-electron chi connectivity index (χ1n) is 15.3. The van der Waals surface area contributed by atoms with Gasteiger partial charge in [0.25, 0.3) is 0 Å². The van der Waals surface area contributed by atoms with Crippen molar-refractivity contribution in [3.05, 3.63) is 0 Å². The molecule has 12 N–H and O–H groups in total. The van der Waals surface area contributed by atoms with Crippen molar-refractivity contribution in [2.45, 2.75) is 100.0 Å². The summed E-state index contributed by atoms with van der Waals surface area (Å²) in [5.74, 6) is 2.58. The van der Waals surface area contributed by atoms with Crippen LogP contribution in [0.1, 0.15) is 93.9 Å². The number of hydrogen-bond donors (Lipinski definition) is 8. The van der Waals surface area contributed by atoms with Crippen LogP contribution in [0.3, 0.4) is 0 Å². The van der Waals surface area contributed by atoms with Gasteiger partial charge in [-0.05, 0) is 70.8 Å². The molecule has 0 unspecified atom stereocenters. The van der Waals surface area contributed by atoms with Gasteiger partial charge in [-0.3, -0.25) is 29.8 Å². The Morgan fingerprint density at radius 3 is 1.36 bits per heavy atom. The number of nitrogens with one attached hydrogen (secondary N) is 4. The maximum absolute atomic E-state index is 10.6. The van der Waals surface area contributed by atoms with Gasteiger partial charge in [0.1, 0.15) is 0 Å². The molecule has 14 heteroatoms. The van der Waals surface area contributed by atoms with Gasteiger partial charge >= 0.3 is 0 Å². The zero-order valence-corrected chi connectivity index (χ0v) is 29.1. The Morgan fingerprint density at radius 2 is 1.05 bits per heavy atom. The average Bonchev–Trinajstić information content (AvgIpc) is 2.93. The highest BCUT2D eigenvalue weighted by Crippen LogP contribution is 2.04. The van der Waals surface area contributed by atoms with Gasteiger partial charge in [0.05, 0.1) is 18.8 Å². The van der Waals surface area contributed by atoms with Crippen LogP contribution in [0.15, 0.2) is 9.98 Å². The number of nitrogens with two attached hydrogens (primary N) is 4. The lowest BCUT2D eigenvalue weighted by molar-refractivity contribution is -0.120. The minimum Gasteiger partial charge on any atom is -0.485 e. The molecule has 0 saturated carbocycles. The third-order valence-electron chi connectivity index (χ3n) is 5.53. The predicted molar refractivity (Wildman–Crippen MR) is 184 cm³/mol. The van der Waals surface area contributed by atoms with E-state index in [4.69, 9.17) is 28.3 Å². The second kappa shape index (κ2) is 34.2. The first-order chi connectivity index (χ1) is 20.5. The molecule has 0 rings (SSSR count). The monoisotopic (exact) mass is 631 g/mol. The van der Waals surface area contributed by atoms with Crippen LogP contribution < -0.4 is 38.9 Å². The molecule has 0 spiro atoms. The average molecular weight is 631 g/mol. The number of carbonyl (C=O) groups excluding carboxylic acids is 3. The van der Waals surface area contributed by atoms with Crippen molar-refractivity contribution < 1.29 is 19.1 Å². The molecule has 0 saturated heterocycles. The van der Waals surface area contributed by atoms with Crippen molar-refractivity contribution in [2.75, 3.05) is 46.4 Å². The van der Waals surface area contributed by atoms with E-state index in [0.29, 0.717) is 36.6 Å². The zero-order chi connectivity index (χ0) is 34.9. The number of nitrogens with zero attached hydrogens (tertiary/aromatic N) is 2. The third-order valence-corrected chi connectivity index (χ3v) is 5.53. The van der Waals surface area contributed by atoms with E-state index in [1.165, 1.54) is 27.9 Å². The van der Waals surface area contributed by atoms with E-state index >= 15 is 0 Å². The van der Waals surface area contributed by atoms with E-state index in [1.807, 2.05) is 0 Å². The van der Waals surface area contributed by atoms with Gasteiger partial charge in [0.2, 0.25) is 17.7 Å². The Hall–Kier alpha value is -3.26. The maximum Gasteiger partial charge on any atom is 0.216 e. The SMILES string of the molecule is CC(=O)NC[C@H](C)CCCN.CC(=O)NC[C@H](C)CCCN=C(C)N.CC(=O)NC[C@H](N)CCCN=C(C)N.COC(C)=N. The number of amidine groups is 2. The summed E-state index contributed by atoms with van der Waals surface area (Å²) >= 11 is 0. The molecule has 0 bridgehead atoms. The smallest absolute Gasteiger partial charge is 0.216 e. The van der Waals surface area contributed by atoms with E-state index in [9.17, 15) is 14.4 Å². The predicted octanol–water partition coefficient (Wildman–Crippen LogP) is 1.65. The molecule has 0 aliphatic rings. The Kier molecular flexibility index (Phi) is 37.1. The lowest BCUT2D eigenvalue weighted by Gasteiger charge is -2.10. The molecule has 0 aromatic heterocycles. The highest BCUT2D eigenvalue weighted by molar-refractivity contribution is 5.77. The van der Waals surface area contributed by atoms with Crippen LogP contribution in [0.4, 0.5) is 0 Å². The van der Waals surface area contributed by atoms with E-state index < -0.39 is 0 Å². The van der Waals surface area contributed by atoms with Crippen LogP contribution in [0, 0.1) is 17.2 Å². The van der Waals surface area contributed by atoms with Gasteiger partial charge in [0, 0.05) is 66.5 Å². The molecule has 0 fully saturated rings. The molecule has 0 aliphatic heterocycles. The van der Waals surface area contributed by atoms with E-state index in [-0.39, 0.29) is 29.7 Å². The summed E-state index contributed by atoms with van der Waals surface area (Å²) in [6.45, 7) is 18.2. The summed E-state index contributed by atoms with van der Waals surface area (Å²) in [4.78, 5) is 39.8. The zero-order valence-electron chi connectivity index (χ0n) is 29.1. The summed E-state index contributed by atoms with van der Waals surface area (Å²) in [6, 6.07) is 0.00665. The molecule has 0 aliphatic carbocycles. The normalized spacial score (nSPS) is 12.7. The van der Waals surface area contributed by atoms with Crippen LogP contribution in [-0.4, -0.2) is 87.7 Å². The number of carbonyl (C=O) groups is 3. The van der Waals surface area contributed by atoms with Crippen molar-refractivity contribution >= 4 is 35.3 Å². The molecular weight excluding hydrogens is 564 g/mol. The molecule has 260 valence electrons. The quantitative estimate of drug-likeness (QED) is 0.0665. The Balaban J connectivity index is -0.000000254. The molecule has 0 heterocycles. The Bertz CT molecular complexity index is 755. The molecule has 0 aromatic carbocycles. The number of aliphatic imine (C=N–C) groups is 2. The standard InChI is InChI=1S/C10H21N3O.C9H20N4O.C8H18N2O.C3H7NO/c1-8(7-13-10(3)14)5-4-6-12-9(2)11;1-7(10)12-5-3-4-9(11)6-13-8(2)14;1-7(4-3-5-9)6-10-8(2)11;1-3(4)5-2/h8H,4-7H2,1-3H3,(H2,11,12)(H,13,14);9H,3-6,11H2,1-2H3,(H2,10,12)(H,13,14);7H,3-6,9H2,1-2H3,(H,10,11);4H,1-2H3/t8-;9-;7-;/m111./s1. The van der Waals surface area contributed by atoms with Crippen molar-refractivity contribution in [1.82, 2.24) is 16.0 Å². The minimum atomic E-state index is -0.0451. The molecule has 14 nitrogen and oxygen atoms in total. The van der Waals surface area contributed by atoms with Gasteiger partial charge in [-0.25, -0.2) is 0 Å². The number of rotatable bonds is 17. The highest BCUT2D eigenvalue weighted by Gasteiger charge is 2.03. The first-order valence-corrected chi connectivity index (χ1v) is 15.3. The topological polar surface area (TPSA) is 249 Å². The summed E-state index contributed by atoms with van der Waals surface area (Å²) < 4.78 is 4.33. The molecule has 0 radical (unpaired) electrons. The molecule has 3 amide bonds. The molecule has 3 atom stereocenters. The second-order valence-corrected chi connectivity index (χ2v) is 10.8.